The molecular weight excluding hydrogens is 280 g/mol. The van der Waals surface area contributed by atoms with Crippen molar-refractivity contribution < 1.29 is 4.92 Å². The van der Waals surface area contributed by atoms with Crippen molar-refractivity contribution >= 4 is 5.69 Å². The van der Waals surface area contributed by atoms with Gasteiger partial charge in [-0.15, -0.1) is 0 Å². The average Bonchev–Trinajstić information content (AvgIpc) is 3.04. The maximum atomic E-state index is 11.3. The molecule has 0 atom stereocenters. The number of nitro benzene ring substituents is 1. The topological polar surface area (TPSA) is 84.7 Å². The van der Waals surface area contributed by atoms with E-state index in [0.717, 1.165) is 31.5 Å². The minimum absolute atomic E-state index is 0.0610. The molecule has 1 heterocycles. The second-order valence-electron chi connectivity index (χ2n) is 5.53. The number of aromatic nitrogens is 2. The van der Waals surface area contributed by atoms with Gasteiger partial charge in [0.25, 0.3) is 5.69 Å². The van der Waals surface area contributed by atoms with Gasteiger partial charge in [0.05, 0.1) is 10.5 Å². The van der Waals surface area contributed by atoms with Crippen LogP contribution in [0.5, 0.6) is 0 Å². The van der Waals surface area contributed by atoms with Gasteiger partial charge in [0.15, 0.2) is 0 Å². The molecule has 6 nitrogen and oxygen atoms in total. The highest BCUT2D eigenvalue weighted by atomic mass is 16.6. The van der Waals surface area contributed by atoms with Gasteiger partial charge in [-0.25, -0.2) is 4.98 Å². The fourth-order valence-corrected chi connectivity index (χ4v) is 3.19. The van der Waals surface area contributed by atoms with E-state index in [1.54, 1.807) is 23.0 Å². The molecule has 0 saturated heterocycles. The lowest BCUT2D eigenvalue weighted by Gasteiger charge is -2.22. The van der Waals surface area contributed by atoms with E-state index in [1.807, 2.05) is 0 Å². The molecular formula is C16H16N4O2. The van der Waals surface area contributed by atoms with Crippen LogP contribution >= 0.6 is 0 Å². The van der Waals surface area contributed by atoms with Crippen LogP contribution in [0.25, 0.3) is 5.69 Å². The van der Waals surface area contributed by atoms with Crippen LogP contribution in [0, 0.1) is 21.4 Å². The molecule has 0 radical (unpaired) electrons. The highest BCUT2D eigenvalue weighted by Gasteiger charge is 2.25. The molecule has 1 fully saturated rings. The van der Waals surface area contributed by atoms with Gasteiger partial charge in [0.2, 0.25) is 0 Å². The first-order valence-corrected chi connectivity index (χ1v) is 7.43. The third-order valence-corrected chi connectivity index (χ3v) is 4.21. The monoisotopic (exact) mass is 296 g/mol. The summed E-state index contributed by atoms with van der Waals surface area (Å²) in [6, 6.07) is 6.63. The van der Waals surface area contributed by atoms with Gasteiger partial charge in [-0.3, -0.25) is 14.7 Å². The second kappa shape index (κ2) is 5.98. The quantitative estimate of drug-likeness (QED) is 0.638. The van der Waals surface area contributed by atoms with Gasteiger partial charge in [-0.05, 0) is 18.9 Å². The molecule has 1 aliphatic rings. The summed E-state index contributed by atoms with van der Waals surface area (Å²) in [5.41, 5.74) is 0.562. The normalized spacial score (nSPS) is 15.4. The number of benzene rings is 1. The Bertz CT molecular complexity index is 739. The summed E-state index contributed by atoms with van der Waals surface area (Å²) in [6.07, 6.45) is 8.99. The van der Waals surface area contributed by atoms with E-state index >= 15 is 0 Å². The fourth-order valence-electron chi connectivity index (χ4n) is 3.19. The predicted molar refractivity (Wildman–Crippen MR) is 80.8 cm³/mol. The summed E-state index contributed by atoms with van der Waals surface area (Å²) in [5.74, 6) is 1.13. The van der Waals surface area contributed by atoms with E-state index in [9.17, 15) is 15.4 Å². The molecule has 6 heteroatoms. The van der Waals surface area contributed by atoms with Gasteiger partial charge in [-0.1, -0.05) is 25.3 Å². The Kier molecular flexibility index (Phi) is 3.88. The Balaban J connectivity index is 2.14. The Hall–Kier alpha value is -2.68. The summed E-state index contributed by atoms with van der Waals surface area (Å²) in [5, 5.41) is 20.7. The number of para-hydroxylation sites is 1. The molecule has 112 valence electrons. The Morgan fingerprint density at radius 2 is 2.09 bits per heavy atom. The molecule has 1 aromatic heterocycles. The number of imidazole rings is 1. The minimum atomic E-state index is -0.444. The lowest BCUT2D eigenvalue weighted by Crippen LogP contribution is -2.13. The molecule has 1 aliphatic carbocycles. The largest absolute Gasteiger partial charge is 0.296 e. The minimum Gasteiger partial charge on any atom is -0.296 e. The summed E-state index contributed by atoms with van der Waals surface area (Å²) >= 11 is 0. The highest BCUT2D eigenvalue weighted by molar-refractivity contribution is 5.62. The van der Waals surface area contributed by atoms with Crippen molar-refractivity contribution in [1.82, 2.24) is 9.55 Å². The molecule has 0 unspecified atom stereocenters. The van der Waals surface area contributed by atoms with Gasteiger partial charge in [0, 0.05) is 24.4 Å². The van der Waals surface area contributed by atoms with Crippen molar-refractivity contribution in [2.24, 2.45) is 0 Å². The Morgan fingerprint density at radius 1 is 1.32 bits per heavy atom. The predicted octanol–water partition coefficient (Wildman–Crippen LogP) is 3.70. The third-order valence-electron chi connectivity index (χ3n) is 4.21. The van der Waals surface area contributed by atoms with E-state index < -0.39 is 4.92 Å². The van der Waals surface area contributed by atoms with Crippen LogP contribution in [0.15, 0.2) is 30.6 Å². The summed E-state index contributed by atoms with van der Waals surface area (Å²) in [4.78, 5) is 15.3. The number of nitro groups is 1. The molecule has 0 amide bonds. The fraction of sp³-hybridized carbons (Fsp3) is 0.375. The smallest absolute Gasteiger partial charge is 0.294 e. The lowest BCUT2D eigenvalue weighted by atomic mass is 9.88. The number of nitrogens with zero attached hydrogens (tertiary/aromatic N) is 4. The molecule has 1 aromatic carbocycles. The third kappa shape index (κ3) is 2.46. The Morgan fingerprint density at radius 3 is 2.77 bits per heavy atom. The van der Waals surface area contributed by atoms with Crippen LogP contribution in [0.4, 0.5) is 5.69 Å². The van der Waals surface area contributed by atoms with E-state index in [-0.39, 0.29) is 5.69 Å². The average molecular weight is 296 g/mol. The van der Waals surface area contributed by atoms with Gasteiger partial charge in [0.1, 0.15) is 17.6 Å². The van der Waals surface area contributed by atoms with E-state index in [2.05, 4.69) is 11.1 Å². The SMILES string of the molecule is N#Cc1cccc([N+](=O)[O-])c1-n1ccnc1C1CCCCC1. The summed E-state index contributed by atoms with van der Waals surface area (Å²) < 4.78 is 1.73. The second-order valence-corrected chi connectivity index (χ2v) is 5.53. The molecule has 1 saturated carbocycles. The zero-order valence-electron chi connectivity index (χ0n) is 12.1. The highest BCUT2D eigenvalue weighted by Crippen LogP contribution is 2.35. The van der Waals surface area contributed by atoms with Crippen LogP contribution in [0.1, 0.15) is 49.4 Å². The van der Waals surface area contributed by atoms with Gasteiger partial charge in [-0.2, -0.15) is 5.26 Å². The van der Waals surface area contributed by atoms with E-state index in [0.29, 0.717) is 17.2 Å². The number of rotatable bonds is 3. The maximum absolute atomic E-state index is 11.3. The Labute approximate surface area is 128 Å². The standard InChI is InChI=1S/C16H16N4O2/c17-11-13-7-4-8-14(20(21)22)15(13)19-10-9-18-16(19)12-5-2-1-3-6-12/h4,7-10,12H,1-3,5-6H2. The van der Waals surface area contributed by atoms with Crippen molar-refractivity contribution in [3.8, 4) is 11.8 Å². The molecule has 0 spiro atoms. The molecule has 22 heavy (non-hydrogen) atoms. The molecule has 0 N–H and O–H groups in total. The van der Waals surface area contributed by atoms with Crippen molar-refractivity contribution in [1.29, 1.82) is 5.26 Å². The van der Waals surface area contributed by atoms with Crippen LogP contribution in [0.3, 0.4) is 0 Å². The summed E-state index contributed by atoms with van der Waals surface area (Å²) in [7, 11) is 0. The maximum Gasteiger partial charge on any atom is 0.294 e. The van der Waals surface area contributed by atoms with Crippen LogP contribution in [-0.2, 0) is 0 Å². The van der Waals surface area contributed by atoms with Crippen molar-refractivity contribution in [3.05, 3.63) is 52.1 Å². The molecule has 0 aliphatic heterocycles. The molecule has 0 bridgehead atoms. The number of hydrogen-bond acceptors (Lipinski definition) is 4. The van der Waals surface area contributed by atoms with Gasteiger partial charge >= 0.3 is 0 Å². The zero-order chi connectivity index (χ0) is 15.5. The van der Waals surface area contributed by atoms with Gasteiger partial charge < -0.3 is 0 Å². The first-order valence-electron chi connectivity index (χ1n) is 7.43. The van der Waals surface area contributed by atoms with Crippen molar-refractivity contribution in [3.63, 3.8) is 0 Å². The van der Waals surface area contributed by atoms with E-state index in [1.165, 1.54) is 18.6 Å². The van der Waals surface area contributed by atoms with E-state index in [4.69, 9.17) is 0 Å². The van der Waals surface area contributed by atoms with Crippen molar-refractivity contribution in [2.75, 3.05) is 0 Å². The number of nitriles is 1. The zero-order valence-corrected chi connectivity index (χ0v) is 12.1. The molecule has 2 aromatic rings. The van der Waals surface area contributed by atoms with Crippen LogP contribution in [-0.4, -0.2) is 14.5 Å². The van der Waals surface area contributed by atoms with Crippen molar-refractivity contribution in [2.45, 2.75) is 38.0 Å². The molecule has 3 rings (SSSR count). The first kappa shape index (κ1) is 14.3. The summed E-state index contributed by atoms with van der Waals surface area (Å²) in [6.45, 7) is 0. The van der Waals surface area contributed by atoms with Crippen LogP contribution in [0.2, 0.25) is 0 Å². The van der Waals surface area contributed by atoms with Crippen LogP contribution < -0.4 is 0 Å². The number of hydrogen-bond donors (Lipinski definition) is 0. The first-order chi connectivity index (χ1) is 10.7. The lowest BCUT2D eigenvalue weighted by molar-refractivity contribution is -0.384.